The number of amides is 2. The van der Waals surface area contributed by atoms with E-state index in [0.717, 1.165) is 6.42 Å². The number of carbonyl (C=O) groups is 2. The van der Waals surface area contributed by atoms with E-state index in [9.17, 15) is 9.59 Å². The van der Waals surface area contributed by atoms with Crippen molar-refractivity contribution in [3.63, 3.8) is 0 Å². The third-order valence-corrected chi connectivity index (χ3v) is 2.91. The van der Waals surface area contributed by atoms with E-state index in [2.05, 4.69) is 5.32 Å². The lowest BCUT2D eigenvalue weighted by Crippen LogP contribution is -2.49. The highest BCUT2D eigenvalue weighted by molar-refractivity contribution is 5.75. The van der Waals surface area contributed by atoms with Gasteiger partial charge in [0.15, 0.2) is 0 Å². The number of carboxylic acid groups (broad SMARTS) is 1. The summed E-state index contributed by atoms with van der Waals surface area (Å²) >= 11 is 0. The minimum absolute atomic E-state index is 0.0822. The average Bonchev–Trinajstić information content (AvgIpc) is 2.26. The van der Waals surface area contributed by atoms with E-state index in [-0.39, 0.29) is 17.9 Å². The Labute approximate surface area is 115 Å². The number of aliphatic carboxylic acids is 1. The molecule has 0 rings (SSSR count). The first kappa shape index (κ1) is 17.7. The fourth-order valence-electron chi connectivity index (χ4n) is 1.56. The van der Waals surface area contributed by atoms with Crippen LogP contribution in [-0.2, 0) is 9.53 Å². The van der Waals surface area contributed by atoms with Gasteiger partial charge in [-0.2, -0.15) is 0 Å². The molecule has 0 heterocycles. The molecule has 0 fully saturated rings. The summed E-state index contributed by atoms with van der Waals surface area (Å²) in [4.78, 5) is 24.3. The van der Waals surface area contributed by atoms with Crippen molar-refractivity contribution >= 4 is 12.0 Å². The van der Waals surface area contributed by atoms with Gasteiger partial charge < -0.3 is 20.1 Å². The van der Waals surface area contributed by atoms with Gasteiger partial charge in [0, 0.05) is 33.4 Å². The van der Waals surface area contributed by atoms with Gasteiger partial charge in [-0.05, 0) is 11.8 Å². The molecule has 1 atom stereocenters. The van der Waals surface area contributed by atoms with Crippen molar-refractivity contribution in [3.05, 3.63) is 0 Å². The SMILES string of the molecule is COCCCN(C)C(=O)NC(CC(=O)O)C(C)(C)C. The molecular weight excluding hydrogens is 248 g/mol. The summed E-state index contributed by atoms with van der Waals surface area (Å²) < 4.78 is 4.92. The number of rotatable bonds is 7. The standard InChI is InChI=1S/C13H26N2O4/c1-13(2,3)10(9-11(16)17)14-12(18)15(4)7-6-8-19-5/h10H,6-9H2,1-5H3,(H,14,18)(H,16,17). The van der Waals surface area contributed by atoms with Crippen molar-refractivity contribution < 1.29 is 19.4 Å². The van der Waals surface area contributed by atoms with E-state index in [1.54, 1.807) is 19.1 Å². The monoisotopic (exact) mass is 274 g/mol. The summed E-state index contributed by atoms with van der Waals surface area (Å²) in [5.74, 6) is -0.915. The molecule has 0 saturated heterocycles. The number of ether oxygens (including phenoxy) is 1. The molecule has 6 heteroatoms. The van der Waals surface area contributed by atoms with Crippen LogP contribution in [0.25, 0.3) is 0 Å². The minimum atomic E-state index is -0.915. The molecular formula is C13H26N2O4. The molecule has 6 nitrogen and oxygen atoms in total. The highest BCUT2D eigenvalue weighted by Crippen LogP contribution is 2.22. The first-order valence-electron chi connectivity index (χ1n) is 6.40. The fraction of sp³-hybridized carbons (Fsp3) is 0.846. The fourth-order valence-corrected chi connectivity index (χ4v) is 1.56. The number of nitrogens with zero attached hydrogens (tertiary/aromatic N) is 1. The number of nitrogens with one attached hydrogen (secondary N) is 1. The van der Waals surface area contributed by atoms with E-state index in [1.165, 1.54) is 0 Å². The van der Waals surface area contributed by atoms with E-state index < -0.39 is 12.0 Å². The number of carboxylic acids is 1. The molecule has 19 heavy (non-hydrogen) atoms. The molecule has 1 unspecified atom stereocenters. The Morgan fingerprint density at radius 3 is 2.37 bits per heavy atom. The number of methoxy groups -OCH3 is 1. The lowest BCUT2D eigenvalue weighted by molar-refractivity contribution is -0.138. The zero-order valence-electron chi connectivity index (χ0n) is 12.5. The molecule has 0 spiro atoms. The molecule has 0 aromatic carbocycles. The highest BCUT2D eigenvalue weighted by atomic mass is 16.5. The van der Waals surface area contributed by atoms with Crippen LogP contribution < -0.4 is 5.32 Å². The normalized spacial score (nSPS) is 12.9. The predicted molar refractivity (Wildman–Crippen MR) is 73.2 cm³/mol. The van der Waals surface area contributed by atoms with Gasteiger partial charge >= 0.3 is 12.0 Å². The van der Waals surface area contributed by atoms with Gasteiger partial charge in [0.05, 0.1) is 6.42 Å². The number of carbonyl (C=O) groups excluding carboxylic acids is 1. The largest absolute Gasteiger partial charge is 0.481 e. The molecule has 0 aliphatic heterocycles. The second kappa shape index (κ2) is 7.99. The lowest BCUT2D eigenvalue weighted by atomic mass is 9.85. The number of hydrogen-bond acceptors (Lipinski definition) is 3. The predicted octanol–water partition coefficient (Wildman–Crippen LogP) is 1.55. The Bertz CT molecular complexity index is 300. The van der Waals surface area contributed by atoms with Crippen LogP contribution in [0.15, 0.2) is 0 Å². The molecule has 2 amide bonds. The summed E-state index contributed by atoms with van der Waals surface area (Å²) in [5, 5.41) is 11.7. The van der Waals surface area contributed by atoms with Crippen LogP contribution in [0.4, 0.5) is 4.79 Å². The molecule has 112 valence electrons. The van der Waals surface area contributed by atoms with Crippen LogP contribution in [0, 0.1) is 5.41 Å². The summed E-state index contributed by atoms with van der Waals surface area (Å²) in [6.45, 7) is 6.89. The first-order chi connectivity index (χ1) is 8.68. The Hall–Kier alpha value is -1.30. The molecule has 0 radical (unpaired) electrons. The van der Waals surface area contributed by atoms with Gasteiger partial charge in [-0.15, -0.1) is 0 Å². The van der Waals surface area contributed by atoms with E-state index in [0.29, 0.717) is 13.2 Å². The molecule has 0 aliphatic rings. The third kappa shape index (κ3) is 7.66. The second-order valence-corrected chi connectivity index (χ2v) is 5.73. The first-order valence-corrected chi connectivity index (χ1v) is 6.40. The summed E-state index contributed by atoms with van der Waals surface area (Å²) in [6, 6.07) is -0.653. The van der Waals surface area contributed by atoms with Crippen molar-refractivity contribution in [2.75, 3.05) is 27.3 Å². The topological polar surface area (TPSA) is 78.9 Å². The van der Waals surface area contributed by atoms with Crippen LogP contribution >= 0.6 is 0 Å². The van der Waals surface area contributed by atoms with Crippen molar-refractivity contribution in [2.45, 2.75) is 39.7 Å². The quantitative estimate of drug-likeness (QED) is 0.690. The van der Waals surface area contributed by atoms with Gasteiger partial charge in [0.2, 0.25) is 0 Å². The maximum atomic E-state index is 12.0. The van der Waals surface area contributed by atoms with E-state index in [1.807, 2.05) is 20.8 Å². The molecule has 0 aliphatic carbocycles. The van der Waals surface area contributed by atoms with Crippen molar-refractivity contribution in [3.8, 4) is 0 Å². The Balaban J connectivity index is 4.41. The Morgan fingerprint density at radius 2 is 1.95 bits per heavy atom. The Morgan fingerprint density at radius 1 is 1.37 bits per heavy atom. The Kier molecular flexibility index (Phi) is 7.44. The van der Waals surface area contributed by atoms with Crippen molar-refractivity contribution in [1.82, 2.24) is 10.2 Å². The van der Waals surface area contributed by atoms with Crippen LogP contribution in [0.2, 0.25) is 0 Å². The van der Waals surface area contributed by atoms with Crippen molar-refractivity contribution in [1.29, 1.82) is 0 Å². The van der Waals surface area contributed by atoms with Crippen LogP contribution in [0.5, 0.6) is 0 Å². The number of hydrogen-bond donors (Lipinski definition) is 2. The molecule has 0 aromatic rings. The van der Waals surface area contributed by atoms with Crippen LogP contribution in [0.1, 0.15) is 33.6 Å². The molecule has 2 N–H and O–H groups in total. The smallest absolute Gasteiger partial charge is 0.317 e. The summed E-state index contributed by atoms with van der Waals surface area (Å²) in [7, 11) is 3.30. The molecule has 0 bridgehead atoms. The van der Waals surface area contributed by atoms with E-state index in [4.69, 9.17) is 9.84 Å². The second-order valence-electron chi connectivity index (χ2n) is 5.73. The highest BCUT2D eigenvalue weighted by Gasteiger charge is 2.29. The average molecular weight is 274 g/mol. The number of urea groups is 1. The van der Waals surface area contributed by atoms with Gasteiger partial charge in [-0.3, -0.25) is 4.79 Å². The summed E-state index contributed by atoms with van der Waals surface area (Å²) in [6.07, 6.45) is 0.667. The van der Waals surface area contributed by atoms with Gasteiger partial charge in [0.25, 0.3) is 0 Å². The van der Waals surface area contributed by atoms with Gasteiger partial charge in [-0.1, -0.05) is 20.8 Å². The third-order valence-electron chi connectivity index (χ3n) is 2.91. The maximum Gasteiger partial charge on any atom is 0.317 e. The van der Waals surface area contributed by atoms with Crippen LogP contribution in [-0.4, -0.2) is 55.4 Å². The lowest BCUT2D eigenvalue weighted by Gasteiger charge is -2.32. The van der Waals surface area contributed by atoms with E-state index >= 15 is 0 Å². The zero-order chi connectivity index (χ0) is 15.1. The summed E-state index contributed by atoms with van der Waals surface area (Å²) in [5.41, 5.74) is -0.304. The van der Waals surface area contributed by atoms with Crippen molar-refractivity contribution in [2.24, 2.45) is 5.41 Å². The van der Waals surface area contributed by atoms with Gasteiger partial charge in [-0.25, -0.2) is 4.79 Å². The maximum absolute atomic E-state index is 12.0. The minimum Gasteiger partial charge on any atom is -0.481 e. The zero-order valence-corrected chi connectivity index (χ0v) is 12.5. The molecule has 0 saturated carbocycles. The van der Waals surface area contributed by atoms with Crippen LogP contribution in [0.3, 0.4) is 0 Å². The van der Waals surface area contributed by atoms with Gasteiger partial charge in [0.1, 0.15) is 0 Å². The molecule has 0 aromatic heterocycles.